The second kappa shape index (κ2) is 11.7. The summed E-state index contributed by atoms with van der Waals surface area (Å²) in [4.78, 5) is 24.0. The van der Waals surface area contributed by atoms with Crippen LogP contribution in [0.25, 0.3) is 5.57 Å². The van der Waals surface area contributed by atoms with Gasteiger partial charge in [0.1, 0.15) is 11.9 Å². The average molecular weight is 642 g/mol. The lowest BCUT2D eigenvalue weighted by Crippen LogP contribution is -2.65. The van der Waals surface area contributed by atoms with E-state index in [1.807, 2.05) is 32.9 Å². The highest BCUT2D eigenvalue weighted by Crippen LogP contribution is 2.77. The van der Waals surface area contributed by atoms with Gasteiger partial charge in [-0.15, -0.1) is 0 Å². The van der Waals surface area contributed by atoms with Crippen LogP contribution < -0.4 is 5.32 Å². The molecule has 4 nitrogen and oxygen atoms in total. The van der Waals surface area contributed by atoms with Crippen molar-refractivity contribution in [3.63, 3.8) is 0 Å². The SMILES string of the molecule is C=C(C)[C@@H]1CC[C@]2(CNCC=O)CC[C@]3(C)[C@H](CC[C@@H]4[C@@]5(C)CC=C(c6ccc(C(=O)OC(C)(C)C)cc6)C(C)(C)[C@@H]5CC[C@]43C)[C@@H]12. The number of carbonyl (C=O) groups is 2. The molecule has 4 fully saturated rings. The quantitative estimate of drug-likeness (QED) is 0.139. The van der Waals surface area contributed by atoms with Crippen molar-refractivity contribution < 1.29 is 14.3 Å². The fraction of sp³-hybridized carbons (Fsp3) is 0.721. The van der Waals surface area contributed by atoms with Gasteiger partial charge in [-0.25, -0.2) is 4.79 Å². The summed E-state index contributed by atoms with van der Waals surface area (Å²) in [5.74, 6) is 3.04. The predicted octanol–water partition coefficient (Wildman–Crippen LogP) is 10.1. The predicted molar refractivity (Wildman–Crippen MR) is 193 cm³/mol. The number of ether oxygens (including phenoxy) is 1. The van der Waals surface area contributed by atoms with Gasteiger partial charge in [-0.2, -0.15) is 0 Å². The molecular weight excluding hydrogens is 578 g/mol. The molecule has 1 N–H and O–H groups in total. The molecule has 0 spiro atoms. The molecular formula is C43H63NO3. The molecule has 0 aromatic heterocycles. The summed E-state index contributed by atoms with van der Waals surface area (Å²) in [6, 6.07) is 8.19. The Balaban J connectivity index is 1.30. The van der Waals surface area contributed by atoms with Crippen molar-refractivity contribution in [2.45, 2.75) is 126 Å². The van der Waals surface area contributed by atoms with Crippen LogP contribution in [0.5, 0.6) is 0 Å². The second-order valence-electron chi connectivity index (χ2n) is 19.0. The van der Waals surface area contributed by atoms with E-state index in [2.05, 4.69) is 71.6 Å². The largest absolute Gasteiger partial charge is 0.456 e. The van der Waals surface area contributed by atoms with Gasteiger partial charge in [-0.1, -0.05) is 65.0 Å². The minimum Gasteiger partial charge on any atom is -0.456 e. The lowest BCUT2D eigenvalue weighted by molar-refractivity contribution is -0.225. The zero-order valence-electron chi connectivity index (χ0n) is 31.1. The minimum atomic E-state index is -0.502. The van der Waals surface area contributed by atoms with Crippen molar-refractivity contribution in [1.29, 1.82) is 0 Å². The normalized spacial score (nSPS) is 40.6. The highest BCUT2D eigenvalue weighted by molar-refractivity contribution is 5.90. The molecule has 4 heteroatoms. The van der Waals surface area contributed by atoms with E-state index >= 15 is 0 Å². The summed E-state index contributed by atoms with van der Waals surface area (Å²) in [5, 5.41) is 3.56. The molecule has 1 aromatic carbocycles. The molecule has 9 atom stereocenters. The maximum Gasteiger partial charge on any atom is 0.338 e. The Morgan fingerprint density at radius 2 is 1.64 bits per heavy atom. The highest BCUT2D eigenvalue weighted by Gasteiger charge is 2.70. The van der Waals surface area contributed by atoms with Crippen molar-refractivity contribution in [1.82, 2.24) is 5.32 Å². The first-order chi connectivity index (χ1) is 21.9. The van der Waals surface area contributed by atoms with Gasteiger partial charge in [0.05, 0.1) is 12.1 Å². The Labute approximate surface area is 286 Å². The molecule has 0 radical (unpaired) electrons. The molecule has 5 aliphatic carbocycles. The topological polar surface area (TPSA) is 55.4 Å². The Bertz CT molecular complexity index is 1430. The van der Waals surface area contributed by atoms with Gasteiger partial charge < -0.3 is 14.8 Å². The van der Waals surface area contributed by atoms with Gasteiger partial charge in [0.2, 0.25) is 0 Å². The van der Waals surface area contributed by atoms with Crippen LogP contribution in [0.1, 0.15) is 136 Å². The number of hydrogen-bond acceptors (Lipinski definition) is 4. The summed E-state index contributed by atoms with van der Waals surface area (Å²) >= 11 is 0. The van der Waals surface area contributed by atoms with Crippen LogP contribution in [0.15, 0.2) is 42.5 Å². The van der Waals surface area contributed by atoms with Crippen LogP contribution in [0.2, 0.25) is 0 Å². The lowest BCUT2D eigenvalue weighted by atomic mass is 9.32. The van der Waals surface area contributed by atoms with E-state index in [0.717, 1.165) is 19.3 Å². The first-order valence-electron chi connectivity index (χ1n) is 18.8. The zero-order valence-corrected chi connectivity index (χ0v) is 31.1. The molecule has 0 bridgehead atoms. The number of carbonyl (C=O) groups excluding carboxylic acids is 2. The van der Waals surface area contributed by atoms with Crippen molar-refractivity contribution in [3.05, 3.63) is 53.6 Å². The maximum atomic E-state index is 12.7. The first kappa shape index (κ1) is 34.7. The van der Waals surface area contributed by atoms with E-state index in [1.165, 1.54) is 68.1 Å². The summed E-state index contributed by atoms with van der Waals surface area (Å²) in [6.45, 7) is 27.1. The molecule has 1 aromatic rings. The molecule has 258 valence electrons. The van der Waals surface area contributed by atoms with E-state index in [1.54, 1.807) is 0 Å². The minimum absolute atomic E-state index is 0.0436. The van der Waals surface area contributed by atoms with E-state index < -0.39 is 5.60 Å². The van der Waals surface area contributed by atoms with Crippen LogP contribution >= 0.6 is 0 Å². The summed E-state index contributed by atoms with van der Waals surface area (Å²) in [6.07, 6.45) is 15.1. The number of esters is 1. The molecule has 5 aliphatic rings. The number of allylic oxidation sites excluding steroid dienone is 3. The van der Waals surface area contributed by atoms with Crippen molar-refractivity contribution in [3.8, 4) is 0 Å². The van der Waals surface area contributed by atoms with Crippen LogP contribution in [0.4, 0.5) is 0 Å². The smallest absolute Gasteiger partial charge is 0.338 e. The Morgan fingerprint density at radius 3 is 2.28 bits per heavy atom. The fourth-order valence-electron chi connectivity index (χ4n) is 13.2. The molecule has 6 rings (SSSR count). The third-order valence-electron chi connectivity index (χ3n) is 15.4. The Morgan fingerprint density at radius 1 is 0.936 bits per heavy atom. The number of aldehydes is 1. The van der Waals surface area contributed by atoms with Crippen LogP contribution in [0.3, 0.4) is 0 Å². The lowest BCUT2D eigenvalue weighted by Gasteiger charge is -2.72. The number of benzene rings is 1. The summed E-state index contributed by atoms with van der Waals surface area (Å²) in [5.41, 5.74) is 5.40. The van der Waals surface area contributed by atoms with Crippen molar-refractivity contribution >= 4 is 17.8 Å². The second-order valence-corrected chi connectivity index (χ2v) is 19.0. The highest BCUT2D eigenvalue weighted by atomic mass is 16.6. The van der Waals surface area contributed by atoms with Crippen molar-refractivity contribution in [2.75, 3.05) is 13.1 Å². The summed E-state index contributed by atoms with van der Waals surface area (Å²) in [7, 11) is 0. The van der Waals surface area contributed by atoms with Gasteiger partial charge in [-0.3, -0.25) is 0 Å². The van der Waals surface area contributed by atoms with E-state index in [-0.39, 0.29) is 16.8 Å². The number of nitrogens with one attached hydrogen (secondary N) is 1. The van der Waals surface area contributed by atoms with E-state index in [0.29, 0.717) is 57.9 Å². The molecule has 4 saturated carbocycles. The van der Waals surface area contributed by atoms with Gasteiger partial charge in [0, 0.05) is 6.54 Å². The van der Waals surface area contributed by atoms with Gasteiger partial charge in [-0.05, 0) is 165 Å². The molecule has 0 unspecified atom stereocenters. The number of hydrogen-bond donors (Lipinski definition) is 1. The van der Waals surface area contributed by atoms with Crippen LogP contribution in [0, 0.1) is 56.7 Å². The third-order valence-corrected chi connectivity index (χ3v) is 15.4. The Kier molecular flexibility index (Phi) is 8.63. The number of fused-ring (bicyclic) bond motifs is 7. The Hall–Kier alpha value is -2.20. The van der Waals surface area contributed by atoms with E-state index in [9.17, 15) is 9.59 Å². The monoisotopic (exact) mass is 641 g/mol. The summed E-state index contributed by atoms with van der Waals surface area (Å²) < 4.78 is 5.63. The number of rotatable bonds is 7. The van der Waals surface area contributed by atoms with Gasteiger partial charge >= 0.3 is 5.97 Å². The third kappa shape index (κ3) is 5.33. The van der Waals surface area contributed by atoms with Gasteiger partial charge in [0.25, 0.3) is 0 Å². The fourth-order valence-corrected chi connectivity index (χ4v) is 13.2. The molecule has 47 heavy (non-hydrogen) atoms. The molecule has 0 saturated heterocycles. The van der Waals surface area contributed by atoms with Crippen LogP contribution in [-0.2, 0) is 9.53 Å². The van der Waals surface area contributed by atoms with E-state index in [4.69, 9.17) is 4.74 Å². The molecule has 0 amide bonds. The zero-order chi connectivity index (χ0) is 34.2. The molecule has 0 heterocycles. The standard InChI is InChI=1S/C43H63NO3/c1-28(2)31-17-22-43(27-44-25-26-45)24-23-41(9)33(36(31)43)15-16-35-40(8)20-18-32(39(6,7)34(40)19-21-42(35,41)10)29-11-13-30(14-12-29)37(46)47-38(3,4)5/h11-14,18,26,31,33-36,44H,1,15-17,19-25,27H2,2-10H3/t31-,33+,34-,35+,36+,40-,41+,42+,43+/m0/s1. The maximum absolute atomic E-state index is 12.7. The average Bonchev–Trinajstić information content (AvgIpc) is 3.37. The first-order valence-corrected chi connectivity index (χ1v) is 18.8. The molecule has 0 aliphatic heterocycles. The van der Waals surface area contributed by atoms with Gasteiger partial charge in [0.15, 0.2) is 0 Å². The van der Waals surface area contributed by atoms with Crippen molar-refractivity contribution in [2.24, 2.45) is 56.7 Å². The van der Waals surface area contributed by atoms with Crippen LogP contribution in [-0.4, -0.2) is 30.9 Å².